The van der Waals surface area contributed by atoms with E-state index in [0.29, 0.717) is 12.8 Å². The molecule has 3 nitrogen and oxygen atoms in total. The summed E-state index contributed by atoms with van der Waals surface area (Å²) in [5.41, 5.74) is -0.588. The maximum Gasteiger partial charge on any atom is 0.147 e. The first-order chi connectivity index (χ1) is 7.85. The molecule has 0 bridgehead atoms. The lowest BCUT2D eigenvalue weighted by Gasteiger charge is -2.36. The fourth-order valence-corrected chi connectivity index (χ4v) is 3.49. The minimum absolute atomic E-state index is 0.202. The van der Waals surface area contributed by atoms with Crippen molar-refractivity contribution in [2.45, 2.75) is 63.9 Å². The monoisotopic (exact) mass is 262 g/mol. The van der Waals surface area contributed by atoms with Crippen molar-refractivity contribution in [3.63, 3.8) is 0 Å². The molecule has 0 unspecified atom stereocenters. The Morgan fingerprint density at radius 2 is 1.88 bits per heavy atom. The van der Waals surface area contributed by atoms with E-state index in [1.54, 1.807) is 0 Å². The highest BCUT2D eigenvalue weighted by Gasteiger charge is 2.32. The molecule has 0 atom stereocenters. The van der Waals surface area contributed by atoms with Crippen molar-refractivity contribution in [1.29, 1.82) is 0 Å². The molecule has 0 spiro atoms. The predicted octanol–water partition coefficient (Wildman–Crippen LogP) is 2.53. The topological polar surface area (TPSA) is 54.4 Å². The fraction of sp³-hybridized carbons (Fsp3) is 1.00. The van der Waals surface area contributed by atoms with E-state index in [1.165, 1.54) is 19.1 Å². The second-order valence-electron chi connectivity index (χ2n) is 5.69. The summed E-state index contributed by atoms with van der Waals surface area (Å²) in [5.74, 6) is 0.975. The van der Waals surface area contributed by atoms with Crippen molar-refractivity contribution in [3.8, 4) is 0 Å². The number of hydrogen-bond acceptors (Lipinski definition) is 3. The van der Waals surface area contributed by atoms with Crippen LogP contribution < -0.4 is 0 Å². The molecule has 0 amide bonds. The number of rotatable bonds is 6. The van der Waals surface area contributed by atoms with Crippen LogP contribution in [0, 0.1) is 5.92 Å². The zero-order valence-corrected chi connectivity index (χ0v) is 11.9. The Hall–Kier alpha value is -0.0900. The van der Waals surface area contributed by atoms with Crippen molar-refractivity contribution >= 4 is 9.84 Å². The maximum atomic E-state index is 11.0. The molecular weight excluding hydrogens is 236 g/mol. The van der Waals surface area contributed by atoms with Crippen LogP contribution in [0.15, 0.2) is 0 Å². The van der Waals surface area contributed by atoms with E-state index in [0.717, 1.165) is 31.6 Å². The molecule has 0 aliphatic heterocycles. The SMILES string of the molecule is CCCC1CCC(O)(CCCS(C)(=O)=O)CC1. The van der Waals surface area contributed by atoms with Gasteiger partial charge in [0.25, 0.3) is 0 Å². The normalized spacial score (nSPS) is 30.4. The number of hydrogen-bond donors (Lipinski definition) is 1. The lowest BCUT2D eigenvalue weighted by Crippen LogP contribution is -2.34. The van der Waals surface area contributed by atoms with Crippen LogP contribution in [-0.2, 0) is 9.84 Å². The molecule has 1 aliphatic rings. The van der Waals surface area contributed by atoms with Crippen molar-refractivity contribution in [3.05, 3.63) is 0 Å². The van der Waals surface area contributed by atoms with Gasteiger partial charge in [0.1, 0.15) is 9.84 Å². The Balaban J connectivity index is 2.29. The Bertz CT molecular complexity index is 314. The quantitative estimate of drug-likeness (QED) is 0.800. The van der Waals surface area contributed by atoms with Gasteiger partial charge in [0, 0.05) is 12.0 Å². The van der Waals surface area contributed by atoms with Crippen LogP contribution in [0.25, 0.3) is 0 Å². The van der Waals surface area contributed by atoms with Gasteiger partial charge in [-0.2, -0.15) is 0 Å². The van der Waals surface area contributed by atoms with Gasteiger partial charge in [-0.3, -0.25) is 0 Å². The Morgan fingerprint density at radius 1 is 1.29 bits per heavy atom. The lowest BCUT2D eigenvalue weighted by molar-refractivity contribution is -0.0178. The molecule has 1 fully saturated rings. The summed E-state index contributed by atoms with van der Waals surface area (Å²) in [7, 11) is -2.88. The van der Waals surface area contributed by atoms with Crippen LogP contribution in [-0.4, -0.2) is 31.1 Å². The zero-order chi connectivity index (χ0) is 12.9. The summed E-state index contributed by atoms with van der Waals surface area (Å²) >= 11 is 0. The minimum atomic E-state index is -2.88. The Morgan fingerprint density at radius 3 is 2.35 bits per heavy atom. The molecule has 102 valence electrons. The van der Waals surface area contributed by atoms with Crippen LogP contribution in [0.5, 0.6) is 0 Å². The molecule has 0 aromatic heterocycles. The van der Waals surface area contributed by atoms with Crippen LogP contribution in [0.4, 0.5) is 0 Å². The van der Waals surface area contributed by atoms with E-state index < -0.39 is 15.4 Å². The average molecular weight is 262 g/mol. The van der Waals surface area contributed by atoms with Gasteiger partial charge in [-0.1, -0.05) is 19.8 Å². The molecule has 1 aliphatic carbocycles. The van der Waals surface area contributed by atoms with Crippen molar-refractivity contribution in [2.75, 3.05) is 12.0 Å². The Labute approximate surface area is 106 Å². The van der Waals surface area contributed by atoms with E-state index >= 15 is 0 Å². The Kier molecular flexibility index (Phi) is 5.45. The van der Waals surface area contributed by atoms with E-state index in [4.69, 9.17) is 0 Å². The first-order valence-electron chi connectivity index (χ1n) is 6.75. The first-order valence-corrected chi connectivity index (χ1v) is 8.81. The van der Waals surface area contributed by atoms with Crippen LogP contribution >= 0.6 is 0 Å². The van der Waals surface area contributed by atoms with Gasteiger partial charge in [-0.15, -0.1) is 0 Å². The highest BCUT2D eigenvalue weighted by Crippen LogP contribution is 2.36. The van der Waals surface area contributed by atoms with Gasteiger partial charge < -0.3 is 5.11 Å². The minimum Gasteiger partial charge on any atom is -0.390 e. The molecule has 0 aromatic carbocycles. The second-order valence-corrected chi connectivity index (χ2v) is 7.95. The highest BCUT2D eigenvalue weighted by molar-refractivity contribution is 7.90. The lowest BCUT2D eigenvalue weighted by atomic mass is 9.75. The van der Waals surface area contributed by atoms with Gasteiger partial charge in [0.2, 0.25) is 0 Å². The van der Waals surface area contributed by atoms with Crippen LogP contribution in [0.3, 0.4) is 0 Å². The highest BCUT2D eigenvalue weighted by atomic mass is 32.2. The molecule has 0 aromatic rings. The molecule has 0 radical (unpaired) electrons. The van der Waals surface area contributed by atoms with Gasteiger partial charge in [0.05, 0.1) is 5.60 Å². The molecule has 0 heterocycles. The summed E-state index contributed by atoms with van der Waals surface area (Å²) in [4.78, 5) is 0. The first kappa shape index (κ1) is 15.0. The summed E-state index contributed by atoms with van der Waals surface area (Å²) in [5, 5.41) is 10.4. The third-order valence-corrected chi connectivity index (χ3v) is 4.92. The predicted molar refractivity (Wildman–Crippen MR) is 70.8 cm³/mol. The van der Waals surface area contributed by atoms with Crippen LogP contribution in [0.2, 0.25) is 0 Å². The third kappa shape index (κ3) is 5.87. The van der Waals surface area contributed by atoms with Gasteiger partial charge in [-0.05, 0) is 44.4 Å². The number of sulfone groups is 1. The van der Waals surface area contributed by atoms with Gasteiger partial charge in [0.15, 0.2) is 0 Å². The van der Waals surface area contributed by atoms with Crippen LogP contribution in [0.1, 0.15) is 58.3 Å². The van der Waals surface area contributed by atoms with E-state index in [9.17, 15) is 13.5 Å². The summed E-state index contributed by atoms with van der Waals surface area (Å²) in [6.07, 6.45) is 8.87. The van der Waals surface area contributed by atoms with E-state index in [1.807, 2.05) is 0 Å². The number of aliphatic hydroxyl groups is 1. The smallest absolute Gasteiger partial charge is 0.147 e. The van der Waals surface area contributed by atoms with Crippen molar-refractivity contribution in [1.82, 2.24) is 0 Å². The molecule has 4 heteroatoms. The standard InChI is InChI=1S/C13H26O3S/c1-3-5-12-6-9-13(14,10-7-12)8-4-11-17(2,15)16/h12,14H,3-11H2,1-2H3. The van der Waals surface area contributed by atoms with Crippen molar-refractivity contribution in [2.24, 2.45) is 5.92 Å². The van der Waals surface area contributed by atoms with Gasteiger partial charge in [-0.25, -0.2) is 8.42 Å². The zero-order valence-electron chi connectivity index (χ0n) is 11.1. The summed E-state index contributed by atoms with van der Waals surface area (Å²) in [6.45, 7) is 2.20. The fourth-order valence-electron chi connectivity index (χ4n) is 2.83. The molecule has 1 saturated carbocycles. The molecule has 1 N–H and O–H groups in total. The average Bonchev–Trinajstić information content (AvgIpc) is 2.20. The van der Waals surface area contributed by atoms with Gasteiger partial charge >= 0.3 is 0 Å². The summed E-state index contributed by atoms with van der Waals surface area (Å²) in [6, 6.07) is 0. The molecular formula is C13H26O3S. The largest absolute Gasteiger partial charge is 0.390 e. The van der Waals surface area contributed by atoms with E-state index in [2.05, 4.69) is 6.92 Å². The second kappa shape index (κ2) is 6.19. The molecule has 0 saturated heterocycles. The third-order valence-electron chi connectivity index (χ3n) is 3.89. The maximum absolute atomic E-state index is 11.0. The molecule has 17 heavy (non-hydrogen) atoms. The summed E-state index contributed by atoms with van der Waals surface area (Å²) < 4.78 is 22.1. The van der Waals surface area contributed by atoms with E-state index in [-0.39, 0.29) is 5.75 Å². The van der Waals surface area contributed by atoms with Crippen molar-refractivity contribution < 1.29 is 13.5 Å². The molecule has 1 rings (SSSR count).